The molecule has 1 aliphatic heterocycles. The maximum atomic E-state index is 6.16. The summed E-state index contributed by atoms with van der Waals surface area (Å²) in [6.07, 6.45) is -0.0496. The van der Waals surface area contributed by atoms with Crippen LogP contribution in [0.15, 0.2) is 60.7 Å². The molecule has 0 aromatic heterocycles. The standard InChI is InChI=1S/C21H27NO3/c1-23-17-25-21(19-10-6-3-7-11-19)20(18-8-4-2-5-9-18)16-22-12-14-24-15-13-22/h2-11,20-21H,12-17H2,1H3/t20-,21-/m0/s1. The van der Waals surface area contributed by atoms with Crippen LogP contribution in [0.25, 0.3) is 0 Å². The fourth-order valence-corrected chi connectivity index (χ4v) is 3.37. The number of benzene rings is 2. The van der Waals surface area contributed by atoms with Crippen molar-refractivity contribution in [3.8, 4) is 0 Å². The molecule has 0 amide bonds. The van der Waals surface area contributed by atoms with E-state index in [0.29, 0.717) is 0 Å². The summed E-state index contributed by atoms with van der Waals surface area (Å²) in [6, 6.07) is 21.1. The van der Waals surface area contributed by atoms with Gasteiger partial charge in [-0.2, -0.15) is 0 Å². The molecule has 2 atom stereocenters. The van der Waals surface area contributed by atoms with Crippen LogP contribution in [-0.4, -0.2) is 51.7 Å². The molecule has 2 aromatic rings. The number of ether oxygens (including phenoxy) is 3. The summed E-state index contributed by atoms with van der Waals surface area (Å²) in [7, 11) is 1.67. The lowest BCUT2D eigenvalue weighted by Crippen LogP contribution is -2.40. The highest BCUT2D eigenvalue weighted by molar-refractivity contribution is 5.27. The average molecular weight is 341 g/mol. The maximum Gasteiger partial charge on any atom is 0.147 e. The first-order valence-corrected chi connectivity index (χ1v) is 8.89. The van der Waals surface area contributed by atoms with Crippen LogP contribution in [0.3, 0.4) is 0 Å². The Morgan fingerprint density at radius 3 is 2.12 bits per heavy atom. The summed E-state index contributed by atoms with van der Waals surface area (Å²) < 4.78 is 16.9. The molecule has 0 N–H and O–H groups in total. The molecule has 2 aromatic carbocycles. The van der Waals surface area contributed by atoms with E-state index >= 15 is 0 Å². The summed E-state index contributed by atoms with van der Waals surface area (Å²) in [5, 5.41) is 0. The minimum Gasteiger partial charge on any atom is -0.379 e. The van der Waals surface area contributed by atoms with E-state index in [9.17, 15) is 0 Å². The first kappa shape index (κ1) is 18.1. The SMILES string of the molecule is COCO[C@@H](c1ccccc1)[C@@H](CN1CCOCC1)c1ccccc1. The van der Waals surface area contributed by atoms with Crippen molar-refractivity contribution in [1.82, 2.24) is 4.90 Å². The van der Waals surface area contributed by atoms with Gasteiger partial charge in [-0.1, -0.05) is 60.7 Å². The van der Waals surface area contributed by atoms with Gasteiger partial charge in [0.15, 0.2) is 0 Å². The lowest BCUT2D eigenvalue weighted by molar-refractivity contribution is -0.0873. The van der Waals surface area contributed by atoms with Crippen molar-refractivity contribution < 1.29 is 14.2 Å². The number of morpholine rings is 1. The molecule has 4 heteroatoms. The molecule has 0 spiro atoms. The molecule has 0 saturated carbocycles. The normalized spacial score (nSPS) is 18.0. The highest BCUT2D eigenvalue weighted by atomic mass is 16.7. The van der Waals surface area contributed by atoms with Gasteiger partial charge in [0.25, 0.3) is 0 Å². The van der Waals surface area contributed by atoms with E-state index in [0.717, 1.165) is 32.8 Å². The van der Waals surface area contributed by atoms with E-state index in [1.54, 1.807) is 7.11 Å². The van der Waals surface area contributed by atoms with Crippen molar-refractivity contribution >= 4 is 0 Å². The van der Waals surface area contributed by atoms with Gasteiger partial charge >= 0.3 is 0 Å². The van der Waals surface area contributed by atoms with E-state index < -0.39 is 0 Å². The van der Waals surface area contributed by atoms with Crippen LogP contribution < -0.4 is 0 Å². The predicted molar refractivity (Wildman–Crippen MR) is 98.6 cm³/mol. The smallest absolute Gasteiger partial charge is 0.147 e. The van der Waals surface area contributed by atoms with Crippen LogP contribution in [0.5, 0.6) is 0 Å². The van der Waals surface area contributed by atoms with Gasteiger partial charge in [0.1, 0.15) is 6.79 Å². The fourth-order valence-electron chi connectivity index (χ4n) is 3.37. The summed E-state index contributed by atoms with van der Waals surface area (Å²) in [4.78, 5) is 2.47. The van der Waals surface area contributed by atoms with Crippen LogP contribution in [0, 0.1) is 0 Å². The topological polar surface area (TPSA) is 30.9 Å². The molecular formula is C21H27NO3. The largest absolute Gasteiger partial charge is 0.379 e. The number of nitrogens with zero attached hydrogens (tertiary/aromatic N) is 1. The first-order valence-electron chi connectivity index (χ1n) is 8.89. The fraction of sp³-hybridized carbons (Fsp3) is 0.429. The second-order valence-corrected chi connectivity index (χ2v) is 6.33. The van der Waals surface area contributed by atoms with Crippen LogP contribution in [-0.2, 0) is 14.2 Å². The molecule has 4 nitrogen and oxygen atoms in total. The van der Waals surface area contributed by atoms with Crippen LogP contribution in [0.2, 0.25) is 0 Å². The summed E-state index contributed by atoms with van der Waals surface area (Å²) in [6.45, 7) is 4.76. The van der Waals surface area contributed by atoms with Crippen molar-refractivity contribution in [3.05, 3.63) is 71.8 Å². The third-order valence-electron chi connectivity index (χ3n) is 4.65. The Morgan fingerprint density at radius 2 is 1.52 bits per heavy atom. The molecule has 1 aliphatic rings. The van der Waals surface area contributed by atoms with Gasteiger partial charge in [0.2, 0.25) is 0 Å². The molecule has 1 saturated heterocycles. The molecule has 1 fully saturated rings. The molecule has 3 rings (SSSR count). The van der Waals surface area contributed by atoms with E-state index in [-0.39, 0.29) is 18.8 Å². The van der Waals surface area contributed by atoms with E-state index in [4.69, 9.17) is 14.2 Å². The van der Waals surface area contributed by atoms with Crippen molar-refractivity contribution in [2.45, 2.75) is 12.0 Å². The monoisotopic (exact) mass is 341 g/mol. The molecule has 0 bridgehead atoms. The minimum atomic E-state index is -0.0496. The average Bonchev–Trinajstić information content (AvgIpc) is 2.69. The zero-order valence-electron chi connectivity index (χ0n) is 14.8. The van der Waals surface area contributed by atoms with Gasteiger partial charge in [-0.3, -0.25) is 4.90 Å². The molecule has 0 radical (unpaired) electrons. The lowest BCUT2D eigenvalue weighted by Gasteiger charge is -2.34. The van der Waals surface area contributed by atoms with Gasteiger partial charge in [0.05, 0.1) is 19.3 Å². The highest BCUT2D eigenvalue weighted by Crippen LogP contribution is 2.35. The summed E-state index contributed by atoms with van der Waals surface area (Å²) in [5.74, 6) is 0.233. The predicted octanol–water partition coefficient (Wildman–Crippen LogP) is 3.46. The Labute approximate surface area is 150 Å². The number of hydrogen-bond donors (Lipinski definition) is 0. The highest BCUT2D eigenvalue weighted by Gasteiger charge is 2.28. The van der Waals surface area contributed by atoms with Gasteiger partial charge < -0.3 is 14.2 Å². The quantitative estimate of drug-likeness (QED) is 0.688. The second kappa shape index (κ2) is 9.68. The summed E-state index contributed by atoms with van der Waals surface area (Å²) >= 11 is 0. The second-order valence-electron chi connectivity index (χ2n) is 6.33. The van der Waals surface area contributed by atoms with E-state index in [1.165, 1.54) is 11.1 Å². The molecular weight excluding hydrogens is 314 g/mol. The van der Waals surface area contributed by atoms with Crippen molar-refractivity contribution in [2.75, 3.05) is 46.8 Å². The van der Waals surface area contributed by atoms with Crippen LogP contribution in [0.4, 0.5) is 0 Å². The van der Waals surface area contributed by atoms with Crippen molar-refractivity contribution in [3.63, 3.8) is 0 Å². The van der Waals surface area contributed by atoms with E-state index in [2.05, 4.69) is 59.5 Å². The zero-order valence-corrected chi connectivity index (χ0v) is 14.8. The Bertz CT molecular complexity index is 599. The third kappa shape index (κ3) is 5.13. The molecule has 25 heavy (non-hydrogen) atoms. The Hall–Kier alpha value is -1.72. The number of rotatable bonds is 8. The van der Waals surface area contributed by atoms with Crippen molar-refractivity contribution in [2.24, 2.45) is 0 Å². The van der Waals surface area contributed by atoms with Crippen LogP contribution >= 0.6 is 0 Å². The molecule has 134 valence electrons. The zero-order chi connectivity index (χ0) is 17.3. The van der Waals surface area contributed by atoms with Gasteiger partial charge in [-0.05, 0) is 11.1 Å². The van der Waals surface area contributed by atoms with Crippen LogP contribution in [0.1, 0.15) is 23.1 Å². The molecule has 1 heterocycles. The molecule has 0 aliphatic carbocycles. The Balaban J connectivity index is 1.88. The van der Waals surface area contributed by atoms with Gasteiger partial charge in [0, 0.05) is 32.7 Å². The van der Waals surface area contributed by atoms with E-state index in [1.807, 2.05) is 6.07 Å². The third-order valence-corrected chi connectivity index (χ3v) is 4.65. The number of methoxy groups -OCH3 is 1. The summed E-state index contributed by atoms with van der Waals surface area (Å²) in [5.41, 5.74) is 2.47. The van der Waals surface area contributed by atoms with Gasteiger partial charge in [-0.25, -0.2) is 0 Å². The Morgan fingerprint density at radius 1 is 0.920 bits per heavy atom. The maximum absolute atomic E-state index is 6.16. The Kier molecular flexibility index (Phi) is 7.00. The number of hydrogen-bond acceptors (Lipinski definition) is 4. The lowest BCUT2D eigenvalue weighted by atomic mass is 9.88. The minimum absolute atomic E-state index is 0.0496. The first-order chi connectivity index (χ1) is 12.4. The van der Waals surface area contributed by atoms with Crippen molar-refractivity contribution in [1.29, 1.82) is 0 Å². The molecule has 0 unspecified atom stereocenters. The van der Waals surface area contributed by atoms with Gasteiger partial charge in [-0.15, -0.1) is 0 Å².